The molecule has 4 heteroatoms. The molecule has 1 aliphatic rings. The lowest BCUT2D eigenvalue weighted by Gasteiger charge is -2.40. The SMILES string of the molecule is CCc1nn(C)c(CC2CC(C(C)(C)C)CCC2O)c1Cl. The lowest BCUT2D eigenvalue weighted by Crippen LogP contribution is -2.36. The molecule has 0 radical (unpaired) electrons. The first-order chi connectivity index (χ1) is 9.74. The smallest absolute Gasteiger partial charge is 0.0849 e. The molecule has 1 aromatic rings. The fraction of sp³-hybridized carbons (Fsp3) is 0.824. The molecule has 0 amide bonds. The van der Waals surface area contributed by atoms with E-state index in [0.29, 0.717) is 17.3 Å². The zero-order valence-corrected chi connectivity index (χ0v) is 14.7. The Morgan fingerprint density at radius 3 is 2.52 bits per heavy atom. The molecule has 1 N–H and O–H groups in total. The fourth-order valence-corrected chi connectivity index (χ4v) is 3.91. The van der Waals surface area contributed by atoms with Gasteiger partial charge >= 0.3 is 0 Å². The maximum Gasteiger partial charge on any atom is 0.0849 e. The van der Waals surface area contributed by atoms with Crippen molar-refractivity contribution in [1.29, 1.82) is 0 Å². The van der Waals surface area contributed by atoms with E-state index in [1.807, 2.05) is 11.7 Å². The molecule has 2 rings (SSSR count). The van der Waals surface area contributed by atoms with Crippen molar-refractivity contribution in [2.45, 2.75) is 65.9 Å². The molecule has 120 valence electrons. The summed E-state index contributed by atoms with van der Waals surface area (Å²) in [6.07, 6.45) is 4.58. The fourth-order valence-electron chi connectivity index (χ4n) is 3.54. The average Bonchev–Trinajstić information content (AvgIpc) is 2.67. The Kier molecular flexibility index (Phi) is 5.04. The lowest BCUT2D eigenvalue weighted by atomic mass is 9.67. The minimum Gasteiger partial charge on any atom is -0.393 e. The van der Waals surface area contributed by atoms with E-state index in [9.17, 15) is 5.11 Å². The molecule has 1 fully saturated rings. The predicted octanol–water partition coefficient (Wildman–Crippen LogP) is 4.00. The second-order valence-corrected chi connectivity index (χ2v) is 7.97. The molecule has 1 aromatic heterocycles. The number of aryl methyl sites for hydroxylation is 2. The van der Waals surface area contributed by atoms with E-state index in [2.05, 4.69) is 32.8 Å². The molecular formula is C17H29ClN2O. The average molecular weight is 313 g/mol. The van der Waals surface area contributed by atoms with Gasteiger partial charge in [-0.15, -0.1) is 0 Å². The van der Waals surface area contributed by atoms with Crippen LogP contribution in [0.2, 0.25) is 5.02 Å². The van der Waals surface area contributed by atoms with Crippen LogP contribution in [0.5, 0.6) is 0 Å². The molecule has 3 atom stereocenters. The first kappa shape index (κ1) is 16.8. The Bertz CT molecular complexity index is 490. The molecule has 0 spiro atoms. The van der Waals surface area contributed by atoms with Gasteiger partial charge in [0.15, 0.2) is 0 Å². The summed E-state index contributed by atoms with van der Waals surface area (Å²) in [5, 5.41) is 15.7. The Hall–Kier alpha value is -0.540. The third-order valence-corrected chi connectivity index (χ3v) is 5.56. The van der Waals surface area contributed by atoms with Crippen LogP contribution in [-0.2, 0) is 19.9 Å². The van der Waals surface area contributed by atoms with E-state index in [4.69, 9.17) is 11.6 Å². The van der Waals surface area contributed by atoms with Gasteiger partial charge in [0, 0.05) is 7.05 Å². The van der Waals surface area contributed by atoms with Gasteiger partial charge in [-0.1, -0.05) is 39.3 Å². The van der Waals surface area contributed by atoms with Gasteiger partial charge in [-0.3, -0.25) is 4.68 Å². The van der Waals surface area contributed by atoms with E-state index < -0.39 is 0 Å². The van der Waals surface area contributed by atoms with Crippen molar-refractivity contribution in [3.05, 3.63) is 16.4 Å². The summed E-state index contributed by atoms with van der Waals surface area (Å²) in [7, 11) is 1.96. The van der Waals surface area contributed by atoms with Crippen molar-refractivity contribution in [2.24, 2.45) is 24.3 Å². The zero-order valence-electron chi connectivity index (χ0n) is 14.0. The van der Waals surface area contributed by atoms with Crippen LogP contribution in [-0.4, -0.2) is 21.0 Å². The third-order valence-electron chi connectivity index (χ3n) is 5.13. The maximum atomic E-state index is 10.4. The summed E-state index contributed by atoms with van der Waals surface area (Å²) >= 11 is 6.46. The minimum absolute atomic E-state index is 0.209. The number of nitrogens with zero attached hydrogens (tertiary/aromatic N) is 2. The van der Waals surface area contributed by atoms with Crippen LogP contribution < -0.4 is 0 Å². The van der Waals surface area contributed by atoms with Crippen LogP contribution in [0.25, 0.3) is 0 Å². The van der Waals surface area contributed by atoms with Crippen molar-refractivity contribution in [1.82, 2.24) is 9.78 Å². The Labute approximate surface area is 133 Å². The standard InChI is InChI=1S/C17H29ClN2O/c1-6-13-16(18)14(20(5)19-13)10-11-9-12(17(2,3)4)7-8-15(11)21/h11-12,15,21H,6-10H2,1-5H3. The Morgan fingerprint density at radius 1 is 1.33 bits per heavy atom. The number of halogens is 1. The normalized spacial score (nSPS) is 27.1. The highest BCUT2D eigenvalue weighted by Gasteiger charge is 2.35. The minimum atomic E-state index is -0.209. The number of hydrogen-bond donors (Lipinski definition) is 1. The number of aromatic nitrogens is 2. The van der Waals surface area contributed by atoms with Crippen LogP contribution in [0, 0.1) is 17.3 Å². The van der Waals surface area contributed by atoms with Crippen LogP contribution in [0.1, 0.15) is 58.3 Å². The molecule has 1 heterocycles. The molecule has 1 aliphatic carbocycles. The number of aliphatic hydroxyl groups excluding tert-OH is 1. The first-order valence-corrected chi connectivity index (χ1v) is 8.50. The molecule has 3 unspecified atom stereocenters. The van der Waals surface area contributed by atoms with Crippen molar-refractivity contribution in [3.8, 4) is 0 Å². The Morgan fingerprint density at radius 2 is 2.00 bits per heavy atom. The molecule has 21 heavy (non-hydrogen) atoms. The number of rotatable bonds is 3. The Balaban J connectivity index is 2.16. The van der Waals surface area contributed by atoms with Crippen LogP contribution in [0.4, 0.5) is 0 Å². The first-order valence-electron chi connectivity index (χ1n) is 8.12. The largest absolute Gasteiger partial charge is 0.393 e. The molecule has 0 aromatic carbocycles. The molecule has 0 bridgehead atoms. The van der Waals surface area contributed by atoms with Gasteiger partial charge in [0.05, 0.1) is 22.5 Å². The van der Waals surface area contributed by atoms with Crippen molar-refractivity contribution in [3.63, 3.8) is 0 Å². The van der Waals surface area contributed by atoms with Gasteiger partial charge < -0.3 is 5.11 Å². The van der Waals surface area contributed by atoms with Gasteiger partial charge in [-0.25, -0.2) is 0 Å². The lowest BCUT2D eigenvalue weighted by molar-refractivity contribution is 0.0189. The van der Waals surface area contributed by atoms with E-state index in [1.165, 1.54) is 0 Å². The third kappa shape index (κ3) is 3.62. The summed E-state index contributed by atoms with van der Waals surface area (Å²) in [4.78, 5) is 0. The van der Waals surface area contributed by atoms with Gasteiger partial charge in [-0.2, -0.15) is 5.10 Å². The highest BCUT2D eigenvalue weighted by atomic mass is 35.5. The number of aliphatic hydroxyl groups is 1. The van der Waals surface area contributed by atoms with E-state index in [0.717, 1.165) is 48.5 Å². The van der Waals surface area contributed by atoms with Crippen molar-refractivity contribution >= 4 is 11.6 Å². The van der Waals surface area contributed by atoms with Gasteiger partial charge in [0.1, 0.15) is 0 Å². The second kappa shape index (κ2) is 6.29. The van der Waals surface area contributed by atoms with E-state index >= 15 is 0 Å². The molecular weight excluding hydrogens is 284 g/mol. The highest BCUT2D eigenvalue weighted by Crippen LogP contribution is 2.41. The van der Waals surface area contributed by atoms with Gasteiger partial charge in [-0.05, 0) is 49.4 Å². The topological polar surface area (TPSA) is 38.0 Å². The van der Waals surface area contributed by atoms with E-state index in [1.54, 1.807) is 0 Å². The summed E-state index contributed by atoms with van der Waals surface area (Å²) < 4.78 is 1.90. The molecule has 1 saturated carbocycles. The summed E-state index contributed by atoms with van der Waals surface area (Å²) in [5.41, 5.74) is 2.35. The zero-order chi connectivity index (χ0) is 15.8. The predicted molar refractivity (Wildman–Crippen MR) is 87.6 cm³/mol. The van der Waals surface area contributed by atoms with Crippen LogP contribution >= 0.6 is 11.6 Å². The van der Waals surface area contributed by atoms with Crippen molar-refractivity contribution < 1.29 is 5.11 Å². The van der Waals surface area contributed by atoms with E-state index in [-0.39, 0.29) is 6.10 Å². The quantitative estimate of drug-likeness (QED) is 0.916. The van der Waals surface area contributed by atoms with Crippen LogP contribution in [0.15, 0.2) is 0 Å². The van der Waals surface area contributed by atoms with Gasteiger partial charge in [0.25, 0.3) is 0 Å². The highest BCUT2D eigenvalue weighted by molar-refractivity contribution is 6.31. The van der Waals surface area contributed by atoms with Crippen molar-refractivity contribution in [2.75, 3.05) is 0 Å². The second-order valence-electron chi connectivity index (χ2n) is 7.59. The molecule has 0 saturated heterocycles. The number of hydrogen-bond acceptors (Lipinski definition) is 2. The summed E-state index contributed by atoms with van der Waals surface area (Å²) in [6.45, 7) is 8.99. The maximum absolute atomic E-state index is 10.4. The van der Waals surface area contributed by atoms with Gasteiger partial charge in [0.2, 0.25) is 0 Å². The summed E-state index contributed by atoms with van der Waals surface area (Å²) in [5.74, 6) is 0.962. The summed E-state index contributed by atoms with van der Waals surface area (Å²) in [6, 6.07) is 0. The molecule has 3 nitrogen and oxygen atoms in total. The molecule has 0 aliphatic heterocycles. The monoisotopic (exact) mass is 312 g/mol. The van der Waals surface area contributed by atoms with Crippen LogP contribution in [0.3, 0.4) is 0 Å².